The average molecular weight is 317 g/mol. The Hall–Kier alpha value is -3.68. The van der Waals surface area contributed by atoms with E-state index in [4.69, 9.17) is 0 Å². The highest BCUT2D eigenvalue weighted by Gasteiger charge is 2.26. The molecular formula is C18H11N3O3. The molecule has 0 N–H and O–H groups in total. The number of aliphatic imine (C=N–C) groups is 1. The predicted molar refractivity (Wildman–Crippen MR) is 87.5 cm³/mol. The van der Waals surface area contributed by atoms with Crippen LogP contribution in [0.4, 0.5) is 0 Å². The fourth-order valence-electron chi connectivity index (χ4n) is 1.91. The van der Waals surface area contributed by atoms with Crippen molar-refractivity contribution < 1.29 is 14.4 Å². The van der Waals surface area contributed by atoms with E-state index in [0.717, 1.165) is 0 Å². The SMILES string of the molecule is O=C=C1CN=C(c2ccccn2)C(=C=O)C1=C=O.c1ccncc1. The maximum Gasteiger partial charge on any atom is 0.136 e. The largest absolute Gasteiger partial charge is 0.276 e. The molecule has 6 nitrogen and oxygen atoms in total. The Morgan fingerprint density at radius 1 is 0.792 bits per heavy atom. The van der Waals surface area contributed by atoms with Crippen molar-refractivity contribution in [3.63, 3.8) is 0 Å². The predicted octanol–water partition coefficient (Wildman–Crippen LogP) is 1.24. The highest BCUT2D eigenvalue weighted by molar-refractivity contribution is 6.22. The van der Waals surface area contributed by atoms with Gasteiger partial charge in [-0.3, -0.25) is 15.0 Å². The molecule has 0 spiro atoms. The fourth-order valence-corrected chi connectivity index (χ4v) is 1.91. The minimum atomic E-state index is -0.143. The van der Waals surface area contributed by atoms with E-state index >= 15 is 0 Å². The number of nitrogens with zero attached hydrogens (tertiary/aromatic N) is 3. The standard InChI is InChI=1S/C13H6N2O3.C5H5N/c16-6-9-5-15-13(11(8-18)10(9)7-17)12-3-1-2-4-14-12;1-2-4-6-5-3-1/h1-4H,5H2;1-5H. The van der Waals surface area contributed by atoms with E-state index in [9.17, 15) is 14.4 Å². The summed E-state index contributed by atoms with van der Waals surface area (Å²) in [6.07, 6.45) is 5.04. The first kappa shape index (κ1) is 16.7. The van der Waals surface area contributed by atoms with Crippen LogP contribution in [0.15, 0.2) is 76.7 Å². The summed E-state index contributed by atoms with van der Waals surface area (Å²) in [5.41, 5.74) is 0.434. The molecule has 0 atom stereocenters. The summed E-state index contributed by atoms with van der Waals surface area (Å²) in [7, 11) is 0. The second-order valence-corrected chi connectivity index (χ2v) is 4.44. The average Bonchev–Trinajstić information content (AvgIpc) is 2.69. The smallest absolute Gasteiger partial charge is 0.136 e. The van der Waals surface area contributed by atoms with Crippen molar-refractivity contribution in [2.24, 2.45) is 4.99 Å². The summed E-state index contributed by atoms with van der Waals surface area (Å²) in [6.45, 7) is -0.0227. The normalized spacial score (nSPS) is 12.8. The lowest BCUT2D eigenvalue weighted by atomic mass is 9.93. The topological polar surface area (TPSA) is 89.4 Å². The lowest BCUT2D eigenvalue weighted by Gasteiger charge is -2.13. The zero-order valence-corrected chi connectivity index (χ0v) is 12.5. The molecule has 0 saturated heterocycles. The van der Waals surface area contributed by atoms with Gasteiger partial charge in [0.2, 0.25) is 0 Å². The molecule has 0 saturated carbocycles. The van der Waals surface area contributed by atoms with Crippen LogP contribution in [0, 0.1) is 0 Å². The Labute approximate surface area is 137 Å². The van der Waals surface area contributed by atoms with Gasteiger partial charge in [0.1, 0.15) is 29.1 Å². The molecule has 0 amide bonds. The highest BCUT2D eigenvalue weighted by Crippen LogP contribution is 2.22. The van der Waals surface area contributed by atoms with Crippen LogP contribution < -0.4 is 0 Å². The third-order valence-electron chi connectivity index (χ3n) is 2.99. The molecule has 0 aliphatic carbocycles. The maximum atomic E-state index is 11.0. The Kier molecular flexibility index (Phi) is 6.04. The number of rotatable bonds is 1. The summed E-state index contributed by atoms with van der Waals surface area (Å²) in [5, 5.41) is 0. The number of aromatic nitrogens is 2. The minimum absolute atomic E-state index is 0.00281. The van der Waals surface area contributed by atoms with Crippen molar-refractivity contribution in [1.82, 2.24) is 9.97 Å². The van der Waals surface area contributed by atoms with Crippen LogP contribution in [0.25, 0.3) is 0 Å². The molecule has 24 heavy (non-hydrogen) atoms. The zero-order chi connectivity index (χ0) is 17.2. The summed E-state index contributed by atoms with van der Waals surface area (Å²) in [5.74, 6) is 4.76. The molecule has 116 valence electrons. The number of allylic oxidation sites excluding steroid dienone is 1. The molecule has 1 aliphatic heterocycles. The molecule has 0 fully saturated rings. The van der Waals surface area contributed by atoms with Crippen LogP contribution in [0.1, 0.15) is 5.69 Å². The molecular weight excluding hydrogens is 306 g/mol. The molecule has 2 aromatic heterocycles. The summed E-state index contributed by atoms with van der Waals surface area (Å²) >= 11 is 0. The molecule has 0 bridgehead atoms. The second kappa shape index (κ2) is 8.69. The van der Waals surface area contributed by atoms with Gasteiger partial charge in [-0.15, -0.1) is 0 Å². The first-order chi connectivity index (χ1) is 11.8. The quantitative estimate of drug-likeness (QED) is 0.738. The van der Waals surface area contributed by atoms with Crippen LogP contribution in [0.5, 0.6) is 0 Å². The molecule has 3 rings (SSSR count). The van der Waals surface area contributed by atoms with E-state index in [1.807, 2.05) is 18.2 Å². The number of pyridine rings is 2. The lowest BCUT2D eigenvalue weighted by Crippen LogP contribution is -2.18. The van der Waals surface area contributed by atoms with Crippen molar-refractivity contribution in [1.29, 1.82) is 0 Å². The Morgan fingerprint density at radius 2 is 1.50 bits per heavy atom. The van der Waals surface area contributed by atoms with Crippen LogP contribution >= 0.6 is 0 Å². The van der Waals surface area contributed by atoms with Crippen LogP contribution in [-0.4, -0.2) is 40.0 Å². The molecule has 0 unspecified atom stereocenters. The van der Waals surface area contributed by atoms with Gasteiger partial charge in [0, 0.05) is 18.6 Å². The number of carbonyl (C=O) groups excluding carboxylic acids is 3. The molecule has 0 aromatic carbocycles. The van der Waals surface area contributed by atoms with E-state index < -0.39 is 0 Å². The first-order valence-corrected chi connectivity index (χ1v) is 6.88. The third-order valence-corrected chi connectivity index (χ3v) is 2.99. The van der Waals surface area contributed by atoms with Gasteiger partial charge in [-0.2, -0.15) is 0 Å². The Bertz CT molecular complexity index is 859. The van der Waals surface area contributed by atoms with Crippen LogP contribution in [0.3, 0.4) is 0 Å². The van der Waals surface area contributed by atoms with E-state index in [2.05, 4.69) is 15.0 Å². The van der Waals surface area contributed by atoms with E-state index in [1.165, 1.54) is 6.20 Å². The molecule has 6 heteroatoms. The third kappa shape index (κ3) is 3.95. The monoisotopic (exact) mass is 317 g/mol. The van der Waals surface area contributed by atoms with E-state index in [-0.39, 0.29) is 29.0 Å². The van der Waals surface area contributed by atoms with Gasteiger partial charge in [-0.05, 0) is 24.3 Å². The van der Waals surface area contributed by atoms with Gasteiger partial charge >= 0.3 is 0 Å². The maximum absolute atomic E-state index is 11.0. The summed E-state index contributed by atoms with van der Waals surface area (Å²) < 4.78 is 0. The lowest BCUT2D eigenvalue weighted by molar-refractivity contribution is 0.562. The second-order valence-electron chi connectivity index (χ2n) is 4.44. The van der Waals surface area contributed by atoms with Gasteiger partial charge in [0.25, 0.3) is 0 Å². The van der Waals surface area contributed by atoms with E-state index in [1.54, 1.807) is 48.4 Å². The van der Waals surface area contributed by atoms with Crippen molar-refractivity contribution in [2.45, 2.75) is 0 Å². The molecule has 3 heterocycles. The number of hydrogen-bond acceptors (Lipinski definition) is 6. The summed E-state index contributed by atoms with van der Waals surface area (Å²) in [6, 6.07) is 10.8. The molecule has 0 radical (unpaired) electrons. The van der Waals surface area contributed by atoms with Crippen LogP contribution in [-0.2, 0) is 14.4 Å². The molecule has 1 aliphatic rings. The first-order valence-electron chi connectivity index (χ1n) is 6.88. The van der Waals surface area contributed by atoms with Gasteiger partial charge in [-0.1, -0.05) is 12.1 Å². The van der Waals surface area contributed by atoms with Crippen molar-refractivity contribution >= 4 is 23.5 Å². The van der Waals surface area contributed by atoms with Crippen molar-refractivity contribution in [3.8, 4) is 0 Å². The van der Waals surface area contributed by atoms with Gasteiger partial charge in [-0.25, -0.2) is 14.4 Å². The van der Waals surface area contributed by atoms with Crippen LogP contribution in [0.2, 0.25) is 0 Å². The zero-order valence-electron chi connectivity index (χ0n) is 12.5. The fraction of sp³-hybridized carbons (Fsp3) is 0.0556. The van der Waals surface area contributed by atoms with Gasteiger partial charge in [0.05, 0.1) is 23.4 Å². The van der Waals surface area contributed by atoms with E-state index in [0.29, 0.717) is 5.69 Å². The van der Waals surface area contributed by atoms with Gasteiger partial charge in [0.15, 0.2) is 0 Å². The highest BCUT2D eigenvalue weighted by atomic mass is 16.1. The Balaban J connectivity index is 0.000000292. The molecule has 2 aromatic rings. The van der Waals surface area contributed by atoms with Crippen molar-refractivity contribution in [2.75, 3.05) is 6.54 Å². The summed E-state index contributed by atoms with van der Waals surface area (Å²) in [4.78, 5) is 44.3. The Morgan fingerprint density at radius 3 is 1.96 bits per heavy atom. The van der Waals surface area contributed by atoms with Crippen molar-refractivity contribution in [3.05, 3.63) is 77.4 Å². The number of hydrogen-bond donors (Lipinski definition) is 0. The van der Waals surface area contributed by atoms with Gasteiger partial charge < -0.3 is 0 Å². The minimum Gasteiger partial charge on any atom is -0.276 e.